The van der Waals surface area contributed by atoms with Crippen molar-refractivity contribution in [3.63, 3.8) is 0 Å². The summed E-state index contributed by atoms with van der Waals surface area (Å²) in [6.07, 6.45) is 1.01. The number of hydrogen-bond donors (Lipinski definition) is 2. The number of hydrogen-bond acceptors (Lipinski definition) is 5. The fourth-order valence-electron chi connectivity index (χ4n) is 2.20. The van der Waals surface area contributed by atoms with Gasteiger partial charge in [0.2, 0.25) is 11.0 Å². The minimum Gasteiger partial charge on any atom is -0.438 e. The zero-order chi connectivity index (χ0) is 15.6. The average Bonchev–Trinajstić information content (AvgIpc) is 2.97. The van der Waals surface area contributed by atoms with Crippen LogP contribution in [0.1, 0.15) is 23.4 Å². The van der Waals surface area contributed by atoms with Gasteiger partial charge in [0.1, 0.15) is 0 Å². The predicted octanol–water partition coefficient (Wildman–Crippen LogP) is -0.475. The van der Waals surface area contributed by atoms with Crippen LogP contribution in [0.25, 0.3) is 0 Å². The number of sulfonamides is 1. The quantitative estimate of drug-likeness (QED) is 0.777. The Kier molecular flexibility index (Phi) is 4.33. The molecule has 2 rings (SSSR count). The molecule has 9 heteroatoms. The fourth-order valence-corrected chi connectivity index (χ4v) is 2.85. The number of likely N-dealkylation sites (tertiary alicyclic amines) is 1. The molecule has 0 atom stereocenters. The van der Waals surface area contributed by atoms with Gasteiger partial charge in [-0.1, -0.05) is 0 Å². The van der Waals surface area contributed by atoms with Gasteiger partial charge in [0.25, 0.3) is 15.9 Å². The molecule has 0 spiro atoms. The Morgan fingerprint density at radius 2 is 1.95 bits per heavy atom. The summed E-state index contributed by atoms with van der Waals surface area (Å²) in [6.45, 7) is 0.780. The van der Waals surface area contributed by atoms with Crippen molar-refractivity contribution in [1.29, 1.82) is 0 Å². The van der Waals surface area contributed by atoms with Crippen molar-refractivity contribution in [2.45, 2.75) is 17.9 Å². The van der Waals surface area contributed by atoms with Gasteiger partial charge in [-0.25, -0.2) is 13.1 Å². The summed E-state index contributed by atoms with van der Waals surface area (Å²) in [5.41, 5.74) is 5.23. The van der Waals surface area contributed by atoms with Crippen LogP contribution in [0, 0.1) is 5.92 Å². The highest BCUT2D eigenvalue weighted by Crippen LogP contribution is 2.20. The maximum absolute atomic E-state index is 12.2. The topological polar surface area (TPSA) is 123 Å². The van der Waals surface area contributed by atoms with Gasteiger partial charge in [-0.2, -0.15) is 0 Å². The molecule has 0 radical (unpaired) electrons. The van der Waals surface area contributed by atoms with Crippen LogP contribution in [0.2, 0.25) is 0 Å². The fraction of sp³-hybridized carbons (Fsp3) is 0.500. The minimum atomic E-state index is -3.71. The summed E-state index contributed by atoms with van der Waals surface area (Å²) in [4.78, 5) is 24.8. The third-order valence-electron chi connectivity index (χ3n) is 3.51. The van der Waals surface area contributed by atoms with Crippen LogP contribution in [0.15, 0.2) is 21.6 Å². The van der Waals surface area contributed by atoms with Gasteiger partial charge in [-0.3, -0.25) is 9.59 Å². The molecule has 1 aliphatic rings. The van der Waals surface area contributed by atoms with Gasteiger partial charge in [-0.05, 0) is 32.0 Å². The van der Waals surface area contributed by atoms with E-state index in [1.54, 1.807) is 0 Å². The van der Waals surface area contributed by atoms with Crippen LogP contribution in [0.3, 0.4) is 0 Å². The van der Waals surface area contributed by atoms with Gasteiger partial charge < -0.3 is 15.1 Å². The molecular weight excluding hydrogens is 298 g/mol. The number of nitrogens with two attached hydrogens (primary N) is 1. The van der Waals surface area contributed by atoms with Crippen LogP contribution < -0.4 is 10.5 Å². The normalized spacial score (nSPS) is 16.9. The van der Waals surface area contributed by atoms with E-state index in [0.717, 1.165) is 0 Å². The Balaban J connectivity index is 2.07. The van der Waals surface area contributed by atoms with Crippen molar-refractivity contribution in [3.05, 3.63) is 17.9 Å². The van der Waals surface area contributed by atoms with Gasteiger partial charge in [-0.15, -0.1) is 0 Å². The van der Waals surface area contributed by atoms with Crippen LogP contribution >= 0.6 is 0 Å². The van der Waals surface area contributed by atoms with E-state index in [0.29, 0.717) is 25.9 Å². The van der Waals surface area contributed by atoms with E-state index in [9.17, 15) is 18.0 Å². The van der Waals surface area contributed by atoms with Gasteiger partial charge >= 0.3 is 0 Å². The molecule has 0 aliphatic carbocycles. The Bertz CT molecular complexity index is 644. The highest BCUT2D eigenvalue weighted by Gasteiger charge is 2.28. The molecule has 1 aromatic heterocycles. The second-order valence-electron chi connectivity index (χ2n) is 4.80. The monoisotopic (exact) mass is 315 g/mol. The summed E-state index contributed by atoms with van der Waals surface area (Å²) in [6, 6.07) is 2.56. The van der Waals surface area contributed by atoms with Crippen LogP contribution in [-0.4, -0.2) is 45.3 Å². The first kappa shape index (κ1) is 15.5. The van der Waals surface area contributed by atoms with Gasteiger partial charge in [0, 0.05) is 19.0 Å². The smallest absolute Gasteiger partial charge is 0.289 e. The zero-order valence-corrected chi connectivity index (χ0v) is 12.4. The van der Waals surface area contributed by atoms with E-state index in [2.05, 4.69) is 4.72 Å². The van der Waals surface area contributed by atoms with Crippen molar-refractivity contribution in [2.75, 3.05) is 20.1 Å². The number of carbonyl (C=O) groups is 2. The summed E-state index contributed by atoms with van der Waals surface area (Å²) in [5, 5.41) is -0.305. The lowest BCUT2D eigenvalue weighted by molar-refractivity contribution is -0.123. The number of nitrogens with one attached hydrogen (secondary N) is 1. The first-order valence-corrected chi connectivity index (χ1v) is 7.95. The lowest BCUT2D eigenvalue weighted by atomic mass is 9.96. The maximum atomic E-state index is 12.2. The van der Waals surface area contributed by atoms with E-state index in [1.165, 1.54) is 24.1 Å². The molecule has 1 aliphatic heterocycles. The van der Waals surface area contributed by atoms with Crippen LogP contribution in [0.5, 0.6) is 0 Å². The van der Waals surface area contributed by atoms with Gasteiger partial charge in [0.15, 0.2) is 5.76 Å². The molecule has 116 valence electrons. The molecule has 8 nitrogen and oxygen atoms in total. The molecular formula is C12H17N3O5S. The molecule has 1 fully saturated rings. The molecule has 0 saturated carbocycles. The molecule has 3 N–H and O–H groups in total. The molecule has 0 unspecified atom stereocenters. The number of nitrogens with zero attached hydrogens (tertiary/aromatic N) is 1. The Morgan fingerprint density at radius 1 is 1.33 bits per heavy atom. The van der Waals surface area contributed by atoms with Crippen molar-refractivity contribution < 1.29 is 22.4 Å². The highest BCUT2D eigenvalue weighted by atomic mass is 32.2. The summed E-state index contributed by atoms with van der Waals surface area (Å²) < 4.78 is 30.3. The highest BCUT2D eigenvalue weighted by molar-refractivity contribution is 7.89. The first-order chi connectivity index (χ1) is 9.85. The third-order valence-corrected chi connectivity index (χ3v) is 4.80. The standard InChI is InChI=1S/C12H17N3O5S/c1-14-21(18,19)10-3-2-9(20-10)12(17)15-6-4-8(5-7-15)11(13)16/h2-3,8,14H,4-7H2,1H3,(H2,13,16). The van der Waals surface area contributed by atoms with Crippen LogP contribution in [0.4, 0.5) is 0 Å². The number of rotatable bonds is 4. The zero-order valence-electron chi connectivity index (χ0n) is 11.5. The van der Waals surface area contributed by atoms with Gasteiger partial charge in [0.05, 0.1) is 0 Å². The van der Waals surface area contributed by atoms with E-state index >= 15 is 0 Å². The second kappa shape index (κ2) is 5.86. The SMILES string of the molecule is CNS(=O)(=O)c1ccc(C(=O)N2CCC(C(N)=O)CC2)o1. The second-order valence-corrected chi connectivity index (χ2v) is 6.61. The summed E-state index contributed by atoms with van der Waals surface area (Å²) >= 11 is 0. The number of piperidine rings is 1. The van der Waals surface area contributed by atoms with Crippen molar-refractivity contribution >= 4 is 21.8 Å². The molecule has 1 saturated heterocycles. The van der Waals surface area contributed by atoms with Crippen LogP contribution in [-0.2, 0) is 14.8 Å². The third kappa shape index (κ3) is 3.24. The molecule has 1 aromatic rings. The Morgan fingerprint density at radius 3 is 2.48 bits per heavy atom. The summed E-state index contributed by atoms with van der Waals surface area (Å²) in [5.74, 6) is -1.01. The van der Waals surface area contributed by atoms with Crippen molar-refractivity contribution in [2.24, 2.45) is 11.7 Å². The minimum absolute atomic E-state index is 0.0404. The number of furan rings is 1. The molecule has 0 aromatic carbocycles. The maximum Gasteiger partial charge on any atom is 0.289 e. The molecule has 2 amide bonds. The number of primary amides is 1. The van der Waals surface area contributed by atoms with E-state index in [-0.39, 0.29) is 22.7 Å². The Labute approximate surface area is 122 Å². The van der Waals surface area contributed by atoms with E-state index in [4.69, 9.17) is 10.2 Å². The van der Waals surface area contributed by atoms with E-state index < -0.39 is 15.9 Å². The molecule has 21 heavy (non-hydrogen) atoms. The lowest BCUT2D eigenvalue weighted by Crippen LogP contribution is -2.41. The largest absolute Gasteiger partial charge is 0.438 e. The number of carbonyl (C=O) groups excluding carboxylic acids is 2. The van der Waals surface area contributed by atoms with Crippen molar-refractivity contribution in [1.82, 2.24) is 9.62 Å². The summed E-state index contributed by atoms with van der Waals surface area (Å²) in [7, 11) is -2.45. The molecule has 2 heterocycles. The predicted molar refractivity (Wildman–Crippen MR) is 72.8 cm³/mol. The number of amides is 2. The van der Waals surface area contributed by atoms with Crippen molar-refractivity contribution in [3.8, 4) is 0 Å². The molecule has 0 bridgehead atoms. The Hall–Kier alpha value is -1.87. The lowest BCUT2D eigenvalue weighted by Gasteiger charge is -2.29. The average molecular weight is 315 g/mol. The first-order valence-electron chi connectivity index (χ1n) is 6.47. The van der Waals surface area contributed by atoms with E-state index in [1.807, 2.05) is 0 Å².